The molecule has 21 heavy (non-hydrogen) atoms. The Bertz CT molecular complexity index is 835. The minimum absolute atomic E-state index is 0.243. The van der Waals surface area contributed by atoms with Crippen LogP contribution in [0.4, 0.5) is 10.1 Å². The van der Waals surface area contributed by atoms with Gasteiger partial charge in [0.1, 0.15) is 11.6 Å². The Kier molecular flexibility index (Phi) is 2.70. The maximum atomic E-state index is 13.4. The molecule has 1 aliphatic heterocycles. The Balaban J connectivity index is 1.93. The van der Waals surface area contributed by atoms with Gasteiger partial charge in [0.05, 0.1) is 11.0 Å². The SMILES string of the molecule is CCn1c(-c2ccc3c(c2)CCN3)nc2cc(F)ccc21. The molecule has 0 saturated heterocycles. The summed E-state index contributed by atoms with van der Waals surface area (Å²) in [6.45, 7) is 3.89. The second-order valence-corrected chi connectivity index (χ2v) is 5.36. The number of hydrogen-bond donors (Lipinski definition) is 1. The molecule has 0 radical (unpaired) electrons. The van der Waals surface area contributed by atoms with Crippen molar-refractivity contribution < 1.29 is 4.39 Å². The van der Waals surface area contributed by atoms with Crippen molar-refractivity contribution in [3.8, 4) is 11.4 Å². The molecule has 0 aliphatic carbocycles. The number of aromatic nitrogens is 2. The van der Waals surface area contributed by atoms with Gasteiger partial charge in [0.15, 0.2) is 0 Å². The zero-order chi connectivity index (χ0) is 14.4. The lowest BCUT2D eigenvalue weighted by molar-refractivity contribution is 0.629. The van der Waals surface area contributed by atoms with Gasteiger partial charge in [0.25, 0.3) is 0 Å². The van der Waals surface area contributed by atoms with Gasteiger partial charge in [-0.15, -0.1) is 0 Å². The highest BCUT2D eigenvalue weighted by molar-refractivity contribution is 5.81. The number of rotatable bonds is 2. The average Bonchev–Trinajstić information content (AvgIpc) is 3.09. The Morgan fingerprint density at radius 2 is 2.14 bits per heavy atom. The van der Waals surface area contributed by atoms with E-state index in [1.807, 2.05) is 0 Å². The van der Waals surface area contributed by atoms with Crippen LogP contribution in [-0.4, -0.2) is 16.1 Å². The van der Waals surface area contributed by atoms with Gasteiger partial charge < -0.3 is 9.88 Å². The molecule has 4 rings (SSSR count). The first-order chi connectivity index (χ1) is 10.3. The number of aryl methyl sites for hydroxylation is 1. The van der Waals surface area contributed by atoms with Crippen LogP contribution in [0.2, 0.25) is 0 Å². The van der Waals surface area contributed by atoms with Crippen molar-refractivity contribution >= 4 is 16.7 Å². The fourth-order valence-corrected chi connectivity index (χ4v) is 3.09. The Morgan fingerprint density at radius 3 is 3.00 bits per heavy atom. The molecule has 0 amide bonds. The van der Waals surface area contributed by atoms with Crippen LogP contribution in [0.15, 0.2) is 36.4 Å². The molecule has 2 heterocycles. The summed E-state index contributed by atoms with van der Waals surface area (Å²) in [6, 6.07) is 11.2. The van der Waals surface area contributed by atoms with Gasteiger partial charge >= 0.3 is 0 Å². The summed E-state index contributed by atoms with van der Waals surface area (Å²) in [7, 11) is 0. The van der Waals surface area contributed by atoms with Gasteiger partial charge in [0.2, 0.25) is 0 Å². The third kappa shape index (κ3) is 1.90. The van der Waals surface area contributed by atoms with Gasteiger partial charge in [-0.2, -0.15) is 0 Å². The highest BCUT2D eigenvalue weighted by Gasteiger charge is 2.15. The molecule has 4 heteroatoms. The monoisotopic (exact) mass is 281 g/mol. The molecular formula is C17H16FN3. The van der Waals surface area contributed by atoms with Gasteiger partial charge in [-0.3, -0.25) is 0 Å². The molecule has 0 fully saturated rings. The van der Waals surface area contributed by atoms with E-state index in [0.717, 1.165) is 36.4 Å². The summed E-state index contributed by atoms with van der Waals surface area (Å²) in [6.07, 6.45) is 1.05. The minimum Gasteiger partial charge on any atom is -0.384 e. The molecule has 106 valence electrons. The maximum Gasteiger partial charge on any atom is 0.141 e. The van der Waals surface area contributed by atoms with Gasteiger partial charge in [-0.1, -0.05) is 0 Å². The predicted octanol–water partition coefficient (Wildman–Crippen LogP) is 3.83. The van der Waals surface area contributed by atoms with Crippen LogP contribution in [0.5, 0.6) is 0 Å². The summed E-state index contributed by atoms with van der Waals surface area (Å²) < 4.78 is 15.5. The molecule has 3 aromatic rings. The summed E-state index contributed by atoms with van der Waals surface area (Å²) in [5, 5.41) is 3.36. The van der Waals surface area contributed by atoms with Crippen LogP contribution < -0.4 is 5.32 Å². The fraction of sp³-hybridized carbons (Fsp3) is 0.235. The van der Waals surface area contributed by atoms with Crippen LogP contribution in [-0.2, 0) is 13.0 Å². The number of fused-ring (bicyclic) bond motifs is 2. The van der Waals surface area contributed by atoms with Crippen LogP contribution in [0.3, 0.4) is 0 Å². The molecular weight excluding hydrogens is 265 g/mol. The molecule has 1 aliphatic rings. The van der Waals surface area contributed by atoms with Gasteiger partial charge in [0, 0.05) is 30.4 Å². The Morgan fingerprint density at radius 1 is 1.24 bits per heavy atom. The first-order valence-corrected chi connectivity index (χ1v) is 7.29. The number of nitrogens with one attached hydrogen (secondary N) is 1. The highest BCUT2D eigenvalue weighted by atomic mass is 19.1. The van der Waals surface area contributed by atoms with Crippen LogP contribution in [0.1, 0.15) is 12.5 Å². The summed E-state index contributed by atoms with van der Waals surface area (Å²) in [5.41, 5.74) is 5.33. The molecule has 0 bridgehead atoms. The van der Waals surface area contributed by atoms with E-state index < -0.39 is 0 Å². The second-order valence-electron chi connectivity index (χ2n) is 5.36. The van der Waals surface area contributed by atoms with Crippen molar-refractivity contribution in [1.29, 1.82) is 0 Å². The van der Waals surface area contributed by atoms with E-state index in [1.165, 1.54) is 23.4 Å². The average molecular weight is 281 g/mol. The molecule has 0 unspecified atom stereocenters. The van der Waals surface area contributed by atoms with E-state index in [0.29, 0.717) is 5.52 Å². The molecule has 2 aromatic carbocycles. The number of halogens is 1. The molecule has 0 atom stereocenters. The molecule has 0 saturated carbocycles. The number of benzene rings is 2. The van der Waals surface area contributed by atoms with E-state index in [-0.39, 0.29) is 5.82 Å². The summed E-state index contributed by atoms with van der Waals surface area (Å²) in [5.74, 6) is 0.667. The lowest BCUT2D eigenvalue weighted by atomic mass is 10.1. The normalized spacial score (nSPS) is 13.4. The van der Waals surface area contributed by atoms with Gasteiger partial charge in [-0.25, -0.2) is 9.37 Å². The van der Waals surface area contributed by atoms with Crippen LogP contribution in [0, 0.1) is 5.82 Å². The van der Waals surface area contributed by atoms with Crippen molar-refractivity contribution in [1.82, 2.24) is 9.55 Å². The number of imidazole rings is 1. The zero-order valence-corrected chi connectivity index (χ0v) is 11.9. The molecule has 0 spiro atoms. The van der Waals surface area contributed by atoms with E-state index in [2.05, 4.69) is 40.0 Å². The zero-order valence-electron chi connectivity index (χ0n) is 11.9. The Hall–Kier alpha value is -2.36. The first kappa shape index (κ1) is 12.4. The van der Waals surface area contributed by atoms with Crippen LogP contribution >= 0.6 is 0 Å². The first-order valence-electron chi connectivity index (χ1n) is 7.29. The van der Waals surface area contributed by atoms with Crippen molar-refractivity contribution in [2.75, 3.05) is 11.9 Å². The van der Waals surface area contributed by atoms with Crippen LogP contribution in [0.25, 0.3) is 22.4 Å². The van der Waals surface area contributed by atoms with Crippen molar-refractivity contribution in [2.24, 2.45) is 0 Å². The van der Waals surface area contributed by atoms with Gasteiger partial charge in [-0.05, 0) is 49.2 Å². The molecule has 3 nitrogen and oxygen atoms in total. The van der Waals surface area contributed by atoms with E-state index in [1.54, 1.807) is 6.07 Å². The largest absolute Gasteiger partial charge is 0.384 e. The maximum absolute atomic E-state index is 13.4. The third-order valence-electron chi connectivity index (χ3n) is 4.10. The molecule has 1 N–H and O–H groups in total. The van der Waals surface area contributed by atoms with Crippen molar-refractivity contribution in [2.45, 2.75) is 19.9 Å². The standard InChI is InChI=1S/C17H16FN3/c1-2-21-16-6-4-13(18)10-15(16)20-17(21)12-3-5-14-11(9-12)7-8-19-14/h3-6,9-10,19H,2,7-8H2,1H3. The number of hydrogen-bond acceptors (Lipinski definition) is 2. The third-order valence-corrected chi connectivity index (χ3v) is 4.10. The fourth-order valence-electron chi connectivity index (χ4n) is 3.09. The highest BCUT2D eigenvalue weighted by Crippen LogP contribution is 2.30. The lowest BCUT2D eigenvalue weighted by Crippen LogP contribution is -1.97. The smallest absolute Gasteiger partial charge is 0.141 e. The van der Waals surface area contributed by atoms with Crippen molar-refractivity contribution in [3.05, 3.63) is 47.8 Å². The second kappa shape index (κ2) is 4.58. The molecule has 1 aromatic heterocycles. The summed E-state index contributed by atoms with van der Waals surface area (Å²) in [4.78, 5) is 4.64. The number of nitrogens with zero attached hydrogens (tertiary/aromatic N) is 2. The quantitative estimate of drug-likeness (QED) is 0.773. The number of anilines is 1. The lowest BCUT2D eigenvalue weighted by Gasteiger charge is -2.08. The Labute approximate surface area is 122 Å². The summed E-state index contributed by atoms with van der Waals surface area (Å²) >= 11 is 0. The van der Waals surface area contributed by atoms with E-state index in [4.69, 9.17) is 0 Å². The van der Waals surface area contributed by atoms with E-state index >= 15 is 0 Å². The minimum atomic E-state index is -0.243. The topological polar surface area (TPSA) is 29.9 Å². The van der Waals surface area contributed by atoms with Crippen molar-refractivity contribution in [3.63, 3.8) is 0 Å². The predicted molar refractivity (Wildman–Crippen MR) is 83.0 cm³/mol. The van der Waals surface area contributed by atoms with E-state index in [9.17, 15) is 4.39 Å².